The summed E-state index contributed by atoms with van der Waals surface area (Å²) in [6.07, 6.45) is 2.51. The number of rotatable bonds is 5. The highest BCUT2D eigenvalue weighted by Gasteiger charge is 2.29. The Morgan fingerprint density at radius 1 is 1.24 bits per heavy atom. The highest BCUT2D eigenvalue weighted by atomic mass is 15.2. The molecule has 2 atom stereocenters. The van der Waals surface area contributed by atoms with Crippen LogP contribution in [0.15, 0.2) is 0 Å². The van der Waals surface area contributed by atoms with Crippen LogP contribution in [0.3, 0.4) is 0 Å². The van der Waals surface area contributed by atoms with Gasteiger partial charge in [0.15, 0.2) is 0 Å². The van der Waals surface area contributed by atoms with Gasteiger partial charge in [-0.3, -0.25) is 0 Å². The Bertz CT molecular complexity index is 206. The lowest BCUT2D eigenvalue weighted by atomic mass is 9.95. The van der Waals surface area contributed by atoms with Gasteiger partial charge in [-0.25, -0.2) is 0 Å². The zero-order valence-corrected chi connectivity index (χ0v) is 12.4. The zero-order valence-electron chi connectivity index (χ0n) is 12.4. The van der Waals surface area contributed by atoms with Crippen molar-refractivity contribution in [3.05, 3.63) is 0 Å². The molecule has 1 fully saturated rings. The fourth-order valence-electron chi connectivity index (χ4n) is 2.82. The topological polar surface area (TPSA) is 18.5 Å². The van der Waals surface area contributed by atoms with Gasteiger partial charge in [0, 0.05) is 18.6 Å². The van der Waals surface area contributed by atoms with Gasteiger partial charge >= 0.3 is 0 Å². The summed E-state index contributed by atoms with van der Waals surface area (Å²) < 4.78 is 0. The average Bonchev–Trinajstić information content (AvgIpc) is 2.42. The van der Waals surface area contributed by atoms with Crippen LogP contribution in [0.1, 0.15) is 33.6 Å². The summed E-state index contributed by atoms with van der Waals surface area (Å²) >= 11 is 0. The Labute approximate surface area is 108 Å². The number of hydrogen-bond donors (Lipinski definition) is 1. The smallest absolute Gasteiger partial charge is 0.0375 e. The van der Waals surface area contributed by atoms with E-state index >= 15 is 0 Å². The van der Waals surface area contributed by atoms with Crippen molar-refractivity contribution in [3.8, 4) is 0 Å². The first kappa shape index (κ1) is 14.9. The number of nitrogens with one attached hydrogen (secondary N) is 1. The van der Waals surface area contributed by atoms with E-state index in [9.17, 15) is 0 Å². The molecule has 0 aromatic heterocycles. The molecule has 0 radical (unpaired) electrons. The standard InChI is InChI=1S/C14H31N3/c1-6-8-15-14(12(2)3)13-11-16(4)9-7-10-17(13)5/h12-15H,6-11H2,1-5H3. The molecule has 0 saturated carbocycles. The molecule has 0 aliphatic carbocycles. The van der Waals surface area contributed by atoms with Crippen LogP contribution in [0.25, 0.3) is 0 Å². The third-order valence-electron chi connectivity index (χ3n) is 3.88. The second-order valence-electron chi connectivity index (χ2n) is 5.89. The molecule has 0 aromatic rings. The molecule has 1 N–H and O–H groups in total. The molecule has 2 unspecified atom stereocenters. The van der Waals surface area contributed by atoms with Crippen LogP contribution < -0.4 is 5.32 Å². The lowest BCUT2D eigenvalue weighted by Gasteiger charge is -2.37. The molecule has 0 spiro atoms. The maximum atomic E-state index is 3.75. The van der Waals surface area contributed by atoms with Crippen molar-refractivity contribution in [2.24, 2.45) is 5.92 Å². The Kier molecular flexibility index (Phi) is 6.45. The number of hydrogen-bond acceptors (Lipinski definition) is 3. The van der Waals surface area contributed by atoms with Gasteiger partial charge in [0.05, 0.1) is 0 Å². The van der Waals surface area contributed by atoms with Crippen LogP contribution >= 0.6 is 0 Å². The van der Waals surface area contributed by atoms with Crippen molar-refractivity contribution >= 4 is 0 Å². The molecule has 1 aliphatic heterocycles. The fourth-order valence-corrected chi connectivity index (χ4v) is 2.82. The van der Waals surface area contributed by atoms with Crippen molar-refractivity contribution in [2.75, 3.05) is 40.3 Å². The first-order chi connectivity index (χ1) is 8.06. The number of nitrogens with zero attached hydrogens (tertiary/aromatic N) is 2. The molecule has 0 bridgehead atoms. The fraction of sp³-hybridized carbons (Fsp3) is 1.00. The highest BCUT2D eigenvalue weighted by Crippen LogP contribution is 2.16. The van der Waals surface area contributed by atoms with Crippen molar-refractivity contribution in [1.82, 2.24) is 15.1 Å². The maximum Gasteiger partial charge on any atom is 0.0375 e. The van der Waals surface area contributed by atoms with E-state index in [-0.39, 0.29) is 0 Å². The second kappa shape index (κ2) is 7.34. The van der Waals surface area contributed by atoms with Crippen molar-refractivity contribution < 1.29 is 0 Å². The zero-order chi connectivity index (χ0) is 12.8. The summed E-state index contributed by atoms with van der Waals surface area (Å²) in [5.74, 6) is 0.695. The molecule has 102 valence electrons. The summed E-state index contributed by atoms with van der Waals surface area (Å²) in [6.45, 7) is 11.7. The van der Waals surface area contributed by atoms with E-state index in [2.05, 4.69) is 50.0 Å². The minimum Gasteiger partial charge on any atom is -0.312 e. The Morgan fingerprint density at radius 2 is 1.94 bits per heavy atom. The largest absolute Gasteiger partial charge is 0.312 e. The second-order valence-corrected chi connectivity index (χ2v) is 5.89. The van der Waals surface area contributed by atoms with Gasteiger partial charge in [-0.2, -0.15) is 0 Å². The molecule has 1 heterocycles. The molecule has 0 amide bonds. The molecular formula is C14H31N3. The first-order valence-electron chi connectivity index (χ1n) is 7.18. The molecule has 1 saturated heterocycles. The number of likely N-dealkylation sites (N-methyl/N-ethyl adjacent to an activating group) is 2. The lowest BCUT2D eigenvalue weighted by Crippen LogP contribution is -2.54. The molecule has 17 heavy (non-hydrogen) atoms. The predicted molar refractivity (Wildman–Crippen MR) is 75.5 cm³/mol. The minimum atomic E-state index is 0.612. The Hall–Kier alpha value is -0.120. The average molecular weight is 241 g/mol. The summed E-state index contributed by atoms with van der Waals surface area (Å²) in [5, 5.41) is 3.75. The molecule has 3 heteroatoms. The molecule has 1 aliphatic rings. The van der Waals surface area contributed by atoms with Gasteiger partial charge in [-0.05, 0) is 52.5 Å². The molecule has 1 rings (SSSR count). The minimum absolute atomic E-state index is 0.612. The van der Waals surface area contributed by atoms with Crippen LogP contribution in [0.5, 0.6) is 0 Å². The lowest BCUT2D eigenvalue weighted by molar-refractivity contribution is 0.153. The summed E-state index contributed by atoms with van der Waals surface area (Å²) in [6, 6.07) is 1.26. The van der Waals surface area contributed by atoms with Crippen LogP contribution in [0.4, 0.5) is 0 Å². The van der Waals surface area contributed by atoms with Crippen LogP contribution in [-0.4, -0.2) is 62.2 Å². The Morgan fingerprint density at radius 3 is 2.53 bits per heavy atom. The third kappa shape index (κ3) is 4.57. The van der Waals surface area contributed by atoms with E-state index < -0.39 is 0 Å². The first-order valence-corrected chi connectivity index (χ1v) is 7.18. The van der Waals surface area contributed by atoms with E-state index in [0.29, 0.717) is 18.0 Å². The molecule has 0 aromatic carbocycles. The van der Waals surface area contributed by atoms with Gasteiger partial charge in [0.2, 0.25) is 0 Å². The monoisotopic (exact) mass is 241 g/mol. The normalized spacial score (nSPS) is 26.1. The molecule has 3 nitrogen and oxygen atoms in total. The van der Waals surface area contributed by atoms with Crippen molar-refractivity contribution in [2.45, 2.75) is 45.7 Å². The van der Waals surface area contributed by atoms with E-state index in [1.165, 1.54) is 32.5 Å². The SMILES string of the molecule is CCCNC(C(C)C)C1CN(C)CCCN1C. The Balaban J connectivity index is 2.67. The van der Waals surface area contributed by atoms with Gasteiger partial charge < -0.3 is 15.1 Å². The van der Waals surface area contributed by atoms with Gasteiger partial charge in [0.1, 0.15) is 0 Å². The third-order valence-corrected chi connectivity index (χ3v) is 3.88. The van der Waals surface area contributed by atoms with E-state index in [4.69, 9.17) is 0 Å². The van der Waals surface area contributed by atoms with Gasteiger partial charge in [-0.15, -0.1) is 0 Å². The van der Waals surface area contributed by atoms with Crippen molar-refractivity contribution in [1.29, 1.82) is 0 Å². The maximum absolute atomic E-state index is 3.75. The van der Waals surface area contributed by atoms with Crippen molar-refractivity contribution in [3.63, 3.8) is 0 Å². The van der Waals surface area contributed by atoms with Crippen LogP contribution in [0.2, 0.25) is 0 Å². The van der Waals surface area contributed by atoms with E-state index in [0.717, 1.165) is 6.54 Å². The summed E-state index contributed by atoms with van der Waals surface area (Å²) in [4.78, 5) is 5.04. The summed E-state index contributed by atoms with van der Waals surface area (Å²) in [5.41, 5.74) is 0. The highest BCUT2D eigenvalue weighted by molar-refractivity contribution is 4.89. The quantitative estimate of drug-likeness (QED) is 0.789. The van der Waals surface area contributed by atoms with Crippen LogP contribution in [0, 0.1) is 5.92 Å². The van der Waals surface area contributed by atoms with Crippen LogP contribution in [-0.2, 0) is 0 Å². The van der Waals surface area contributed by atoms with Gasteiger partial charge in [-0.1, -0.05) is 20.8 Å². The van der Waals surface area contributed by atoms with E-state index in [1.54, 1.807) is 0 Å². The summed E-state index contributed by atoms with van der Waals surface area (Å²) in [7, 11) is 4.54. The molecular weight excluding hydrogens is 210 g/mol. The predicted octanol–water partition coefficient (Wildman–Crippen LogP) is 1.65. The van der Waals surface area contributed by atoms with Gasteiger partial charge in [0.25, 0.3) is 0 Å². The van der Waals surface area contributed by atoms with E-state index in [1.807, 2.05) is 0 Å².